The molecule has 0 aromatic rings. The van der Waals surface area contributed by atoms with Gasteiger partial charge < -0.3 is 4.90 Å². The zero-order valence-electron chi connectivity index (χ0n) is 13.5. The first-order valence-corrected chi connectivity index (χ1v) is 8.17. The van der Waals surface area contributed by atoms with Gasteiger partial charge in [0.25, 0.3) is 5.92 Å². The van der Waals surface area contributed by atoms with Gasteiger partial charge in [-0.15, -0.1) is 0 Å². The minimum absolute atomic E-state index is 0.0380. The van der Waals surface area contributed by atoms with E-state index >= 15 is 0 Å². The lowest BCUT2D eigenvalue weighted by Crippen LogP contribution is -2.60. The second kappa shape index (κ2) is 5.88. The van der Waals surface area contributed by atoms with Crippen molar-refractivity contribution in [3.8, 4) is 0 Å². The van der Waals surface area contributed by atoms with Gasteiger partial charge >= 0.3 is 0 Å². The molecule has 4 heteroatoms. The van der Waals surface area contributed by atoms with Gasteiger partial charge in [-0.05, 0) is 66.1 Å². The van der Waals surface area contributed by atoms with Crippen LogP contribution < -0.4 is 0 Å². The lowest BCUT2D eigenvalue weighted by molar-refractivity contribution is -0.193. The fraction of sp³-hybridized carbons (Fsp3) is 1.00. The lowest BCUT2D eigenvalue weighted by atomic mass is 9.68. The highest BCUT2D eigenvalue weighted by atomic mass is 19.3. The minimum atomic E-state index is -2.53. The fourth-order valence-corrected chi connectivity index (χ4v) is 3.76. The van der Waals surface area contributed by atoms with Crippen LogP contribution >= 0.6 is 0 Å². The number of nitrogens with zero attached hydrogens (tertiary/aromatic N) is 2. The summed E-state index contributed by atoms with van der Waals surface area (Å²) < 4.78 is 29.5. The molecule has 0 amide bonds. The van der Waals surface area contributed by atoms with Crippen LogP contribution in [0, 0.1) is 5.41 Å². The maximum Gasteiger partial charge on any atom is 0.266 e. The van der Waals surface area contributed by atoms with Crippen LogP contribution in [0.15, 0.2) is 0 Å². The van der Waals surface area contributed by atoms with Crippen LogP contribution in [0.1, 0.15) is 53.4 Å². The summed E-state index contributed by atoms with van der Waals surface area (Å²) in [5.74, 6) is -2.53. The van der Waals surface area contributed by atoms with E-state index < -0.39 is 11.3 Å². The third-order valence-corrected chi connectivity index (χ3v) is 5.75. The Morgan fingerprint density at radius 2 is 1.45 bits per heavy atom. The van der Waals surface area contributed by atoms with Gasteiger partial charge in [0.15, 0.2) is 0 Å². The SMILES string of the molecule is CCC(C)N1CCC2(CCN(C(C)C)CC2)C(F)(F)C1. The molecule has 1 atom stereocenters. The third kappa shape index (κ3) is 2.87. The van der Waals surface area contributed by atoms with Crippen LogP contribution in [0.2, 0.25) is 0 Å². The van der Waals surface area contributed by atoms with Crippen LogP contribution in [-0.4, -0.2) is 54.0 Å². The first kappa shape index (κ1) is 16.2. The van der Waals surface area contributed by atoms with Crippen LogP contribution in [0.25, 0.3) is 0 Å². The van der Waals surface area contributed by atoms with E-state index in [9.17, 15) is 8.78 Å². The van der Waals surface area contributed by atoms with Crippen LogP contribution in [0.4, 0.5) is 8.78 Å². The Morgan fingerprint density at radius 3 is 1.85 bits per heavy atom. The molecule has 0 aromatic carbocycles. The number of hydrogen-bond acceptors (Lipinski definition) is 2. The molecule has 0 saturated carbocycles. The van der Waals surface area contributed by atoms with E-state index in [0.717, 1.165) is 26.1 Å². The quantitative estimate of drug-likeness (QED) is 0.782. The number of alkyl halides is 2. The number of hydrogen-bond donors (Lipinski definition) is 0. The first-order chi connectivity index (χ1) is 9.31. The monoisotopic (exact) mass is 288 g/mol. The maximum absolute atomic E-state index is 14.8. The number of piperidine rings is 2. The van der Waals surface area contributed by atoms with E-state index in [2.05, 4.69) is 32.6 Å². The summed E-state index contributed by atoms with van der Waals surface area (Å²) in [6.45, 7) is 10.9. The Hall–Kier alpha value is -0.220. The second-order valence-electron chi connectivity index (χ2n) is 7.09. The minimum Gasteiger partial charge on any atom is -0.301 e. The molecule has 0 N–H and O–H groups in total. The summed E-state index contributed by atoms with van der Waals surface area (Å²) in [5, 5.41) is 0. The van der Waals surface area contributed by atoms with Crippen molar-refractivity contribution in [1.29, 1.82) is 0 Å². The fourth-order valence-electron chi connectivity index (χ4n) is 3.76. The first-order valence-electron chi connectivity index (χ1n) is 8.17. The molecular weight excluding hydrogens is 258 g/mol. The van der Waals surface area contributed by atoms with E-state index in [1.807, 2.05) is 4.90 Å². The zero-order chi connectivity index (χ0) is 15.0. The van der Waals surface area contributed by atoms with Crippen LogP contribution in [0.3, 0.4) is 0 Å². The average molecular weight is 288 g/mol. The Bertz CT molecular complexity index is 322. The molecule has 1 unspecified atom stereocenters. The predicted molar refractivity (Wildman–Crippen MR) is 79.3 cm³/mol. The van der Waals surface area contributed by atoms with Gasteiger partial charge in [-0.25, -0.2) is 8.78 Å². The molecule has 2 aliphatic rings. The highest BCUT2D eigenvalue weighted by molar-refractivity contribution is 5.02. The van der Waals surface area contributed by atoms with E-state index in [1.165, 1.54) is 0 Å². The summed E-state index contributed by atoms with van der Waals surface area (Å²) in [6, 6.07) is 0.746. The Balaban J connectivity index is 2.04. The molecule has 2 rings (SSSR count). The van der Waals surface area contributed by atoms with E-state index in [1.54, 1.807) is 0 Å². The summed E-state index contributed by atoms with van der Waals surface area (Å²) in [7, 11) is 0. The summed E-state index contributed by atoms with van der Waals surface area (Å²) >= 11 is 0. The van der Waals surface area contributed by atoms with Crippen molar-refractivity contribution in [2.24, 2.45) is 5.41 Å². The van der Waals surface area contributed by atoms with Gasteiger partial charge in [0.05, 0.1) is 6.54 Å². The van der Waals surface area contributed by atoms with Crippen molar-refractivity contribution in [2.45, 2.75) is 71.4 Å². The Kier molecular flexibility index (Phi) is 4.75. The third-order valence-electron chi connectivity index (χ3n) is 5.75. The molecular formula is C16H30F2N2. The molecule has 2 aliphatic heterocycles. The van der Waals surface area contributed by atoms with E-state index in [4.69, 9.17) is 0 Å². The summed E-state index contributed by atoms with van der Waals surface area (Å²) in [5.41, 5.74) is -0.734. The Labute approximate surface area is 122 Å². The molecule has 1 spiro atoms. The topological polar surface area (TPSA) is 6.48 Å². The lowest BCUT2D eigenvalue weighted by Gasteiger charge is -2.52. The summed E-state index contributed by atoms with van der Waals surface area (Å²) in [4.78, 5) is 4.32. The smallest absolute Gasteiger partial charge is 0.266 e. The molecule has 0 aliphatic carbocycles. The van der Waals surface area contributed by atoms with Gasteiger partial charge in [-0.2, -0.15) is 0 Å². The van der Waals surface area contributed by atoms with Crippen LogP contribution in [-0.2, 0) is 0 Å². The van der Waals surface area contributed by atoms with E-state index in [-0.39, 0.29) is 12.6 Å². The van der Waals surface area contributed by atoms with Gasteiger partial charge in [0.2, 0.25) is 0 Å². The van der Waals surface area contributed by atoms with Crippen molar-refractivity contribution in [1.82, 2.24) is 9.80 Å². The number of likely N-dealkylation sites (tertiary alicyclic amines) is 2. The van der Waals surface area contributed by atoms with Gasteiger partial charge in [0.1, 0.15) is 0 Å². The molecule has 2 fully saturated rings. The van der Waals surface area contributed by atoms with E-state index in [0.29, 0.717) is 25.3 Å². The van der Waals surface area contributed by atoms with Gasteiger partial charge in [-0.1, -0.05) is 6.92 Å². The zero-order valence-corrected chi connectivity index (χ0v) is 13.5. The molecule has 0 aromatic heterocycles. The summed E-state index contributed by atoms with van der Waals surface area (Å²) in [6.07, 6.45) is 2.93. The molecule has 2 saturated heterocycles. The van der Waals surface area contributed by atoms with Crippen molar-refractivity contribution in [3.63, 3.8) is 0 Å². The number of rotatable bonds is 3. The van der Waals surface area contributed by atoms with Crippen molar-refractivity contribution < 1.29 is 8.78 Å². The highest BCUT2D eigenvalue weighted by Gasteiger charge is 2.57. The van der Waals surface area contributed by atoms with Crippen molar-refractivity contribution in [3.05, 3.63) is 0 Å². The molecule has 2 nitrogen and oxygen atoms in total. The average Bonchev–Trinajstić information content (AvgIpc) is 2.41. The molecule has 2 heterocycles. The maximum atomic E-state index is 14.8. The molecule has 0 bridgehead atoms. The molecule has 0 radical (unpaired) electrons. The van der Waals surface area contributed by atoms with Crippen molar-refractivity contribution >= 4 is 0 Å². The standard InChI is InChI=1S/C16H30F2N2/c1-5-14(4)20-11-8-15(16(17,18)12-20)6-9-19(10-7-15)13(2)3/h13-14H,5-12H2,1-4H3. The predicted octanol–water partition coefficient (Wildman–Crippen LogP) is 3.62. The normalized spacial score (nSPS) is 28.9. The second-order valence-corrected chi connectivity index (χ2v) is 7.09. The van der Waals surface area contributed by atoms with Crippen molar-refractivity contribution in [2.75, 3.05) is 26.2 Å². The number of halogens is 2. The van der Waals surface area contributed by atoms with Gasteiger partial charge in [-0.3, -0.25) is 4.90 Å². The molecule has 20 heavy (non-hydrogen) atoms. The van der Waals surface area contributed by atoms with Crippen LogP contribution in [0.5, 0.6) is 0 Å². The van der Waals surface area contributed by atoms with Gasteiger partial charge in [0, 0.05) is 17.5 Å². The molecule has 118 valence electrons. The largest absolute Gasteiger partial charge is 0.301 e. The Morgan fingerprint density at radius 1 is 0.950 bits per heavy atom. The highest BCUT2D eigenvalue weighted by Crippen LogP contribution is 2.51.